The van der Waals surface area contributed by atoms with Crippen LogP contribution < -0.4 is 15.8 Å². The molecule has 0 aliphatic carbocycles. The number of anilines is 2. The van der Waals surface area contributed by atoms with Gasteiger partial charge in [0, 0.05) is 19.2 Å². The minimum atomic E-state index is -0.926. The molecule has 33 heavy (non-hydrogen) atoms. The zero-order valence-corrected chi connectivity index (χ0v) is 17.9. The summed E-state index contributed by atoms with van der Waals surface area (Å²) < 4.78 is 39.4. The first-order valence-electron chi connectivity index (χ1n) is 10.0. The Labute approximate surface area is 189 Å². The number of amides is 1. The van der Waals surface area contributed by atoms with E-state index >= 15 is 0 Å². The van der Waals surface area contributed by atoms with Crippen LogP contribution in [0.25, 0.3) is 21.7 Å². The van der Waals surface area contributed by atoms with Gasteiger partial charge in [0.2, 0.25) is 5.91 Å². The van der Waals surface area contributed by atoms with E-state index in [0.717, 1.165) is 16.8 Å². The van der Waals surface area contributed by atoms with Gasteiger partial charge in [-0.2, -0.15) is 5.10 Å². The number of morpholine rings is 1. The molecule has 1 saturated heterocycles. The third kappa shape index (κ3) is 4.22. The highest BCUT2D eigenvalue weighted by atomic mass is 32.1. The van der Waals surface area contributed by atoms with E-state index in [-0.39, 0.29) is 11.2 Å². The molecule has 170 valence electrons. The molecule has 1 fully saturated rings. The van der Waals surface area contributed by atoms with E-state index in [1.807, 2.05) is 4.90 Å². The summed E-state index contributed by atoms with van der Waals surface area (Å²) in [5.74, 6) is -1.99. The highest BCUT2D eigenvalue weighted by Gasteiger charge is 2.23. The minimum absolute atomic E-state index is 0.156. The van der Waals surface area contributed by atoms with E-state index in [0.29, 0.717) is 53.7 Å². The standard InChI is InChI=1S/C21H17F2N5O4S/c22-12-3-4-14(13(23)10-12)24-16(29)11-28-20(30)18-19(17(26-28)15-2-1-7-32-15)33-21(25-18)27-5-8-31-9-6-27/h1-4,7,10H,5-6,8-9,11H2,(H,24,29). The van der Waals surface area contributed by atoms with E-state index < -0.39 is 29.6 Å². The van der Waals surface area contributed by atoms with E-state index in [4.69, 9.17) is 9.15 Å². The van der Waals surface area contributed by atoms with Gasteiger partial charge < -0.3 is 19.4 Å². The first-order chi connectivity index (χ1) is 16.0. The van der Waals surface area contributed by atoms with E-state index in [1.165, 1.54) is 17.6 Å². The fourth-order valence-corrected chi connectivity index (χ4v) is 4.54. The van der Waals surface area contributed by atoms with Crippen LogP contribution in [0, 0.1) is 11.6 Å². The molecule has 1 aliphatic rings. The number of hydrogen-bond donors (Lipinski definition) is 1. The van der Waals surface area contributed by atoms with Crippen molar-refractivity contribution in [3.8, 4) is 11.5 Å². The second-order valence-electron chi connectivity index (χ2n) is 7.23. The van der Waals surface area contributed by atoms with Crippen LogP contribution in [-0.2, 0) is 16.1 Å². The second-order valence-corrected chi connectivity index (χ2v) is 8.21. The third-order valence-electron chi connectivity index (χ3n) is 5.02. The summed E-state index contributed by atoms with van der Waals surface area (Å²) in [6.45, 7) is 1.91. The Kier molecular flexibility index (Phi) is 5.60. The quantitative estimate of drug-likeness (QED) is 0.476. The Morgan fingerprint density at radius 1 is 1.21 bits per heavy atom. The van der Waals surface area contributed by atoms with Gasteiger partial charge in [-0.25, -0.2) is 18.4 Å². The van der Waals surface area contributed by atoms with Gasteiger partial charge in [0.1, 0.15) is 23.9 Å². The largest absolute Gasteiger partial charge is 0.463 e. The number of halogens is 2. The van der Waals surface area contributed by atoms with Crippen molar-refractivity contribution in [2.45, 2.75) is 6.54 Å². The zero-order valence-electron chi connectivity index (χ0n) is 17.1. The van der Waals surface area contributed by atoms with Crippen molar-refractivity contribution in [3.05, 3.63) is 58.6 Å². The Morgan fingerprint density at radius 3 is 2.76 bits per heavy atom. The highest BCUT2D eigenvalue weighted by molar-refractivity contribution is 7.22. The summed E-state index contributed by atoms with van der Waals surface area (Å²) in [5.41, 5.74) is -0.244. The molecule has 0 radical (unpaired) electrons. The molecule has 0 saturated carbocycles. The van der Waals surface area contributed by atoms with Gasteiger partial charge in [0.05, 0.1) is 29.9 Å². The molecule has 0 bridgehead atoms. The van der Waals surface area contributed by atoms with Crippen molar-refractivity contribution in [1.82, 2.24) is 14.8 Å². The first kappa shape index (κ1) is 21.2. The monoisotopic (exact) mass is 473 g/mol. The Bertz CT molecular complexity index is 1380. The van der Waals surface area contributed by atoms with E-state index in [1.54, 1.807) is 12.1 Å². The maximum Gasteiger partial charge on any atom is 0.294 e. The molecule has 0 spiro atoms. The van der Waals surface area contributed by atoms with Crippen molar-refractivity contribution in [1.29, 1.82) is 0 Å². The smallest absolute Gasteiger partial charge is 0.294 e. The van der Waals surface area contributed by atoms with Gasteiger partial charge in [-0.3, -0.25) is 9.59 Å². The van der Waals surface area contributed by atoms with Crippen molar-refractivity contribution in [3.63, 3.8) is 0 Å². The molecule has 0 unspecified atom stereocenters. The molecule has 3 aromatic heterocycles. The van der Waals surface area contributed by atoms with Crippen molar-refractivity contribution in [2.75, 3.05) is 36.5 Å². The number of carbonyl (C=O) groups is 1. The maximum absolute atomic E-state index is 13.9. The van der Waals surface area contributed by atoms with E-state index in [2.05, 4.69) is 15.4 Å². The van der Waals surface area contributed by atoms with Gasteiger partial charge in [-0.05, 0) is 24.3 Å². The molecule has 0 atom stereocenters. The van der Waals surface area contributed by atoms with Gasteiger partial charge in [-0.1, -0.05) is 11.3 Å². The predicted molar refractivity (Wildman–Crippen MR) is 117 cm³/mol. The molecule has 4 aromatic rings. The Hall–Kier alpha value is -3.64. The summed E-state index contributed by atoms with van der Waals surface area (Å²) in [7, 11) is 0. The van der Waals surface area contributed by atoms with Crippen LogP contribution in [0.3, 0.4) is 0 Å². The maximum atomic E-state index is 13.9. The van der Waals surface area contributed by atoms with E-state index in [9.17, 15) is 18.4 Å². The average molecular weight is 473 g/mol. The SMILES string of the molecule is O=C(Cn1nc(-c2ccco2)c2sc(N3CCOCC3)nc2c1=O)Nc1ccc(F)cc1F. The van der Waals surface area contributed by atoms with Crippen molar-refractivity contribution >= 4 is 38.3 Å². The van der Waals surface area contributed by atoms with Crippen molar-refractivity contribution < 1.29 is 22.7 Å². The number of hydrogen-bond acceptors (Lipinski definition) is 8. The average Bonchev–Trinajstić information content (AvgIpc) is 3.49. The number of furan rings is 1. The number of nitrogens with one attached hydrogen (secondary N) is 1. The predicted octanol–water partition coefficient (Wildman–Crippen LogP) is 2.87. The topological polar surface area (TPSA) is 102 Å². The lowest BCUT2D eigenvalue weighted by Crippen LogP contribution is -2.36. The molecule has 1 N–H and O–H groups in total. The molecule has 1 aromatic carbocycles. The lowest BCUT2D eigenvalue weighted by molar-refractivity contribution is -0.117. The number of aromatic nitrogens is 3. The fourth-order valence-electron chi connectivity index (χ4n) is 3.44. The zero-order chi connectivity index (χ0) is 22.9. The lowest BCUT2D eigenvalue weighted by Gasteiger charge is -2.25. The molecule has 4 heterocycles. The summed E-state index contributed by atoms with van der Waals surface area (Å²) in [6.07, 6.45) is 1.48. The number of thiazole rings is 1. The normalized spacial score (nSPS) is 14.1. The van der Waals surface area contributed by atoms with Crippen LogP contribution in [0.1, 0.15) is 0 Å². The molecule has 5 rings (SSSR count). The van der Waals surface area contributed by atoms with Gasteiger partial charge in [0.15, 0.2) is 16.4 Å². The van der Waals surface area contributed by atoms with Crippen LogP contribution in [0.4, 0.5) is 19.6 Å². The molecular formula is C21H17F2N5O4S. The van der Waals surface area contributed by atoms with Gasteiger partial charge in [0.25, 0.3) is 5.56 Å². The molecule has 1 amide bonds. The molecule has 12 heteroatoms. The minimum Gasteiger partial charge on any atom is -0.463 e. The number of carbonyl (C=O) groups excluding carboxylic acids is 1. The summed E-state index contributed by atoms with van der Waals surface area (Å²) in [4.78, 5) is 32.2. The number of ether oxygens (including phenoxy) is 1. The lowest BCUT2D eigenvalue weighted by atomic mass is 10.3. The van der Waals surface area contributed by atoms with Gasteiger partial charge >= 0.3 is 0 Å². The molecule has 9 nitrogen and oxygen atoms in total. The van der Waals surface area contributed by atoms with Gasteiger partial charge in [-0.15, -0.1) is 0 Å². The van der Waals surface area contributed by atoms with Crippen LogP contribution in [0.2, 0.25) is 0 Å². The number of rotatable bonds is 5. The molecule has 1 aliphatic heterocycles. The fraction of sp³-hybridized carbons (Fsp3) is 0.238. The van der Waals surface area contributed by atoms with Crippen LogP contribution >= 0.6 is 11.3 Å². The first-order valence-corrected chi connectivity index (χ1v) is 10.8. The van der Waals surface area contributed by atoms with Crippen LogP contribution in [-0.4, -0.2) is 47.0 Å². The number of nitrogens with zero attached hydrogens (tertiary/aromatic N) is 4. The third-order valence-corrected chi connectivity index (χ3v) is 6.15. The Morgan fingerprint density at radius 2 is 2.03 bits per heavy atom. The number of benzene rings is 1. The second kappa shape index (κ2) is 8.71. The van der Waals surface area contributed by atoms with Crippen molar-refractivity contribution in [2.24, 2.45) is 0 Å². The summed E-state index contributed by atoms with van der Waals surface area (Å²) in [5, 5.41) is 7.32. The van der Waals surface area contributed by atoms with Crippen LogP contribution in [0.5, 0.6) is 0 Å². The number of fused-ring (bicyclic) bond motifs is 1. The molecular weight excluding hydrogens is 456 g/mol. The van der Waals surface area contributed by atoms with Crippen LogP contribution in [0.15, 0.2) is 45.8 Å². The Balaban J connectivity index is 1.52. The summed E-state index contributed by atoms with van der Waals surface area (Å²) in [6, 6.07) is 6.16. The highest BCUT2D eigenvalue weighted by Crippen LogP contribution is 2.34. The summed E-state index contributed by atoms with van der Waals surface area (Å²) >= 11 is 1.31.